The molecule has 104 valence electrons. The molecule has 1 aromatic rings. The van der Waals surface area contributed by atoms with E-state index in [0.717, 1.165) is 10.0 Å². The van der Waals surface area contributed by atoms with E-state index in [-0.39, 0.29) is 24.9 Å². The van der Waals surface area contributed by atoms with Crippen LogP contribution in [0.1, 0.15) is 5.56 Å². The number of anilines is 1. The van der Waals surface area contributed by atoms with Gasteiger partial charge in [-0.05, 0) is 12.1 Å². The number of benzene rings is 1. The smallest absolute Gasteiger partial charge is 0.243 e. The van der Waals surface area contributed by atoms with Crippen LogP contribution in [0, 0.1) is 0 Å². The molecule has 0 heterocycles. The number of ether oxygens (including phenoxy) is 1. The predicted octanol–water partition coefficient (Wildman–Crippen LogP) is 0.609. The predicted molar refractivity (Wildman–Crippen MR) is 75.5 cm³/mol. The summed E-state index contributed by atoms with van der Waals surface area (Å²) in [6.45, 7) is 0.111. The van der Waals surface area contributed by atoms with Crippen LogP contribution in [0.4, 0.5) is 5.69 Å². The van der Waals surface area contributed by atoms with Crippen LogP contribution < -0.4 is 16.4 Å². The van der Waals surface area contributed by atoms with E-state index in [1.165, 1.54) is 0 Å². The van der Waals surface area contributed by atoms with Gasteiger partial charge in [-0.15, -0.1) is 0 Å². The number of nitrogens with one attached hydrogen (secondary N) is 2. The lowest BCUT2D eigenvalue weighted by Gasteiger charge is -2.12. The Kier molecular flexibility index (Phi) is 6.48. The topological polar surface area (TPSA) is 93.5 Å². The van der Waals surface area contributed by atoms with Gasteiger partial charge in [0.05, 0.1) is 19.7 Å². The Morgan fingerprint density at radius 2 is 2.11 bits per heavy atom. The van der Waals surface area contributed by atoms with Gasteiger partial charge in [0.25, 0.3) is 0 Å². The normalized spacial score (nSPS) is 10.1. The van der Waals surface area contributed by atoms with Gasteiger partial charge < -0.3 is 21.1 Å². The van der Waals surface area contributed by atoms with E-state index in [4.69, 9.17) is 10.5 Å². The van der Waals surface area contributed by atoms with Crippen LogP contribution in [-0.4, -0.2) is 32.0 Å². The molecule has 0 aromatic heterocycles. The standard InChI is InChI=1S/C12H16BrN3O3/c1-19-7-8-9(13)3-2-4-10(8)16-12(18)6-15-11(17)5-14/h2-4H,5-7,14H2,1H3,(H,15,17)(H,16,18). The molecule has 1 rings (SSSR count). The molecule has 0 unspecified atom stereocenters. The van der Waals surface area contributed by atoms with Crippen molar-refractivity contribution in [1.82, 2.24) is 5.32 Å². The molecule has 0 spiro atoms. The number of amides is 2. The maximum atomic E-state index is 11.7. The molecule has 0 saturated heterocycles. The molecule has 4 N–H and O–H groups in total. The quantitative estimate of drug-likeness (QED) is 0.712. The number of hydrogen-bond acceptors (Lipinski definition) is 4. The fourth-order valence-electron chi connectivity index (χ4n) is 1.41. The van der Waals surface area contributed by atoms with Gasteiger partial charge in [-0.25, -0.2) is 0 Å². The van der Waals surface area contributed by atoms with Crippen LogP contribution in [0.15, 0.2) is 22.7 Å². The number of halogens is 1. The SMILES string of the molecule is COCc1c(Br)cccc1NC(=O)CNC(=O)CN. The average molecular weight is 330 g/mol. The van der Waals surface area contributed by atoms with E-state index in [0.29, 0.717) is 12.3 Å². The van der Waals surface area contributed by atoms with Crippen molar-refractivity contribution in [2.75, 3.05) is 25.5 Å². The van der Waals surface area contributed by atoms with Gasteiger partial charge >= 0.3 is 0 Å². The fraction of sp³-hybridized carbons (Fsp3) is 0.333. The molecule has 0 atom stereocenters. The van der Waals surface area contributed by atoms with E-state index in [2.05, 4.69) is 26.6 Å². The summed E-state index contributed by atoms with van der Waals surface area (Å²) in [7, 11) is 1.58. The summed E-state index contributed by atoms with van der Waals surface area (Å²) in [6, 6.07) is 5.43. The third-order valence-corrected chi connectivity index (χ3v) is 3.06. The van der Waals surface area contributed by atoms with Crippen molar-refractivity contribution in [2.45, 2.75) is 6.61 Å². The first-order chi connectivity index (χ1) is 9.08. The maximum absolute atomic E-state index is 11.7. The van der Waals surface area contributed by atoms with E-state index in [1.807, 2.05) is 6.07 Å². The molecule has 0 fully saturated rings. The Morgan fingerprint density at radius 3 is 2.74 bits per heavy atom. The molecule has 2 amide bonds. The number of rotatable bonds is 6. The molecule has 0 aliphatic carbocycles. The highest BCUT2D eigenvalue weighted by Crippen LogP contribution is 2.25. The second kappa shape index (κ2) is 7.88. The van der Waals surface area contributed by atoms with Crippen molar-refractivity contribution in [3.63, 3.8) is 0 Å². The summed E-state index contributed by atoms with van der Waals surface area (Å²) in [5.74, 6) is -0.696. The lowest BCUT2D eigenvalue weighted by molar-refractivity contribution is -0.123. The molecule has 1 aromatic carbocycles. The van der Waals surface area contributed by atoms with Crippen molar-refractivity contribution >= 4 is 33.4 Å². The minimum atomic E-state index is -0.374. The first kappa shape index (κ1) is 15.6. The molecule has 0 radical (unpaired) electrons. The van der Waals surface area contributed by atoms with Crippen LogP contribution in [0.5, 0.6) is 0 Å². The van der Waals surface area contributed by atoms with E-state index < -0.39 is 0 Å². The molecule has 7 heteroatoms. The van der Waals surface area contributed by atoms with Gasteiger partial charge in [0, 0.05) is 22.8 Å². The number of nitrogens with two attached hydrogens (primary N) is 1. The third-order valence-electron chi connectivity index (χ3n) is 2.31. The highest BCUT2D eigenvalue weighted by Gasteiger charge is 2.10. The highest BCUT2D eigenvalue weighted by molar-refractivity contribution is 9.10. The van der Waals surface area contributed by atoms with Crippen molar-refractivity contribution in [1.29, 1.82) is 0 Å². The van der Waals surface area contributed by atoms with Crippen LogP contribution in [0.3, 0.4) is 0 Å². The molecule has 0 aliphatic heterocycles. The Bertz CT molecular complexity index is 466. The zero-order valence-electron chi connectivity index (χ0n) is 10.5. The summed E-state index contributed by atoms with van der Waals surface area (Å²) >= 11 is 3.39. The van der Waals surface area contributed by atoms with Crippen molar-refractivity contribution in [2.24, 2.45) is 5.73 Å². The Hall–Kier alpha value is -1.44. The van der Waals surface area contributed by atoms with Crippen LogP contribution in [0.25, 0.3) is 0 Å². The largest absolute Gasteiger partial charge is 0.380 e. The van der Waals surface area contributed by atoms with Gasteiger partial charge in [0.15, 0.2) is 0 Å². The summed E-state index contributed by atoms with van der Waals surface area (Å²) in [4.78, 5) is 22.6. The van der Waals surface area contributed by atoms with Crippen LogP contribution in [0.2, 0.25) is 0 Å². The fourth-order valence-corrected chi connectivity index (χ4v) is 1.89. The van der Waals surface area contributed by atoms with Crippen LogP contribution >= 0.6 is 15.9 Å². The van der Waals surface area contributed by atoms with E-state index in [9.17, 15) is 9.59 Å². The minimum Gasteiger partial charge on any atom is -0.380 e. The lowest BCUT2D eigenvalue weighted by Crippen LogP contribution is -2.36. The molecule has 6 nitrogen and oxygen atoms in total. The number of methoxy groups -OCH3 is 1. The van der Waals surface area contributed by atoms with Gasteiger partial charge in [0.2, 0.25) is 11.8 Å². The van der Waals surface area contributed by atoms with Crippen molar-refractivity contribution < 1.29 is 14.3 Å². The van der Waals surface area contributed by atoms with Gasteiger partial charge in [0.1, 0.15) is 0 Å². The van der Waals surface area contributed by atoms with E-state index in [1.54, 1.807) is 19.2 Å². The van der Waals surface area contributed by atoms with Gasteiger partial charge in [-0.2, -0.15) is 0 Å². The average Bonchev–Trinajstić information content (AvgIpc) is 2.40. The first-order valence-electron chi connectivity index (χ1n) is 5.61. The van der Waals surface area contributed by atoms with Gasteiger partial charge in [-0.3, -0.25) is 9.59 Å². The molecule has 0 aliphatic rings. The Labute approximate surface area is 119 Å². The number of carbonyl (C=O) groups is 2. The summed E-state index contributed by atoms with van der Waals surface area (Å²) < 4.78 is 5.92. The highest BCUT2D eigenvalue weighted by atomic mass is 79.9. The summed E-state index contributed by atoms with van der Waals surface area (Å²) in [5, 5.41) is 5.11. The summed E-state index contributed by atoms with van der Waals surface area (Å²) in [6.07, 6.45) is 0. The minimum absolute atomic E-state index is 0.116. The van der Waals surface area contributed by atoms with Gasteiger partial charge in [-0.1, -0.05) is 22.0 Å². The Balaban J connectivity index is 2.68. The van der Waals surface area contributed by atoms with Crippen LogP contribution in [-0.2, 0) is 20.9 Å². The second-order valence-electron chi connectivity index (χ2n) is 3.73. The second-order valence-corrected chi connectivity index (χ2v) is 4.58. The lowest BCUT2D eigenvalue weighted by atomic mass is 10.2. The number of carbonyl (C=O) groups excluding carboxylic acids is 2. The molecular weight excluding hydrogens is 314 g/mol. The molecule has 0 bridgehead atoms. The third kappa shape index (κ3) is 4.98. The van der Waals surface area contributed by atoms with E-state index >= 15 is 0 Å². The first-order valence-corrected chi connectivity index (χ1v) is 6.40. The Morgan fingerprint density at radius 1 is 1.37 bits per heavy atom. The molecular formula is C12H16BrN3O3. The number of hydrogen-bond donors (Lipinski definition) is 3. The van der Waals surface area contributed by atoms with Crippen molar-refractivity contribution in [3.8, 4) is 0 Å². The molecule has 0 saturated carbocycles. The zero-order valence-corrected chi connectivity index (χ0v) is 12.1. The zero-order chi connectivity index (χ0) is 14.3. The summed E-state index contributed by atoms with van der Waals surface area (Å²) in [5.41, 5.74) is 6.61. The maximum Gasteiger partial charge on any atom is 0.243 e. The monoisotopic (exact) mass is 329 g/mol. The molecule has 19 heavy (non-hydrogen) atoms. The van der Waals surface area contributed by atoms with Crippen molar-refractivity contribution in [3.05, 3.63) is 28.2 Å².